The predicted octanol–water partition coefficient (Wildman–Crippen LogP) is 2.07. The van der Waals surface area contributed by atoms with Gasteiger partial charge in [-0.25, -0.2) is 4.79 Å². The fourth-order valence-electron chi connectivity index (χ4n) is 1.04. The van der Waals surface area contributed by atoms with Crippen molar-refractivity contribution in [1.82, 2.24) is 0 Å². The van der Waals surface area contributed by atoms with Crippen LogP contribution >= 0.6 is 0 Å². The van der Waals surface area contributed by atoms with Crippen LogP contribution in [0.3, 0.4) is 0 Å². The number of rotatable bonds is 2. The Balaban J connectivity index is 2.87. The van der Waals surface area contributed by atoms with E-state index in [4.69, 9.17) is 9.15 Å². The first kappa shape index (κ1) is 8.84. The first-order valence-corrected chi connectivity index (χ1v) is 3.89. The summed E-state index contributed by atoms with van der Waals surface area (Å²) in [5.74, 6) is 0.660. The minimum Gasteiger partial charge on any atom is -0.460 e. The zero-order chi connectivity index (χ0) is 9.14. The third-order valence-corrected chi connectivity index (χ3v) is 1.50. The largest absolute Gasteiger partial charge is 0.460 e. The lowest BCUT2D eigenvalue weighted by atomic mass is 10.3. The van der Waals surface area contributed by atoms with Gasteiger partial charge in [-0.3, -0.25) is 0 Å². The molecule has 0 unspecified atom stereocenters. The molecule has 3 heteroatoms. The van der Waals surface area contributed by atoms with Gasteiger partial charge in [0.25, 0.3) is 0 Å². The SMILES string of the molecule is CCOC(=O)c1oc(C)cc1C. The Morgan fingerprint density at radius 2 is 2.25 bits per heavy atom. The number of esters is 1. The van der Waals surface area contributed by atoms with Gasteiger partial charge in [0.05, 0.1) is 6.61 Å². The maximum absolute atomic E-state index is 11.2. The molecule has 0 atom stereocenters. The van der Waals surface area contributed by atoms with E-state index in [9.17, 15) is 4.79 Å². The highest BCUT2D eigenvalue weighted by Gasteiger charge is 2.14. The Morgan fingerprint density at radius 3 is 2.67 bits per heavy atom. The molecule has 1 rings (SSSR count). The van der Waals surface area contributed by atoms with Crippen molar-refractivity contribution in [3.8, 4) is 0 Å². The van der Waals surface area contributed by atoms with Crippen LogP contribution in [0.4, 0.5) is 0 Å². The van der Waals surface area contributed by atoms with Crippen molar-refractivity contribution in [3.63, 3.8) is 0 Å². The second kappa shape index (κ2) is 3.43. The Bertz CT molecular complexity index is 286. The lowest BCUT2D eigenvalue weighted by Crippen LogP contribution is -2.04. The lowest BCUT2D eigenvalue weighted by Gasteiger charge is -1.97. The van der Waals surface area contributed by atoms with Gasteiger partial charge in [-0.2, -0.15) is 0 Å². The molecule has 12 heavy (non-hydrogen) atoms. The van der Waals surface area contributed by atoms with E-state index in [1.807, 2.05) is 13.0 Å². The standard InChI is InChI=1S/C9H12O3/c1-4-11-9(10)8-6(2)5-7(3)12-8/h5H,4H2,1-3H3. The van der Waals surface area contributed by atoms with Crippen molar-refractivity contribution in [2.75, 3.05) is 6.61 Å². The maximum Gasteiger partial charge on any atom is 0.374 e. The first-order chi connectivity index (χ1) is 5.65. The van der Waals surface area contributed by atoms with E-state index in [1.165, 1.54) is 0 Å². The van der Waals surface area contributed by atoms with Crippen molar-refractivity contribution in [2.24, 2.45) is 0 Å². The van der Waals surface area contributed by atoms with Crippen molar-refractivity contribution >= 4 is 5.97 Å². The summed E-state index contributed by atoms with van der Waals surface area (Å²) in [6, 6.07) is 1.81. The predicted molar refractivity (Wildman–Crippen MR) is 44.1 cm³/mol. The number of furan rings is 1. The maximum atomic E-state index is 11.2. The summed E-state index contributed by atoms with van der Waals surface area (Å²) in [6.07, 6.45) is 0. The Morgan fingerprint density at radius 1 is 1.58 bits per heavy atom. The molecule has 0 aliphatic rings. The van der Waals surface area contributed by atoms with Gasteiger partial charge in [0, 0.05) is 5.56 Å². The smallest absolute Gasteiger partial charge is 0.374 e. The van der Waals surface area contributed by atoms with Crippen LogP contribution < -0.4 is 0 Å². The molecule has 0 bridgehead atoms. The van der Waals surface area contributed by atoms with Crippen molar-refractivity contribution < 1.29 is 13.9 Å². The highest BCUT2D eigenvalue weighted by atomic mass is 16.5. The van der Waals surface area contributed by atoms with Gasteiger partial charge in [-0.05, 0) is 26.8 Å². The molecule has 0 aliphatic heterocycles. The molecule has 0 N–H and O–H groups in total. The zero-order valence-corrected chi connectivity index (χ0v) is 7.51. The highest BCUT2D eigenvalue weighted by molar-refractivity contribution is 5.87. The van der Waals surface area contributed by atoms with E-state index in [-0.39, 0.29) is 5.97 Å². The summed E-state index contributed by atoms with van der Waals surface area (Å²) >= 11 is 0. The van der Waals surface area contributed by atoms with Gasteiger partial charge in [0.1, 0.15) is 5.76 Å². The molecule has 1 aromatic heterocycles. The topological polar surface area (TPSA) is 39.4 Å². The van der Waals surface area contributed by atoms with E-state index in [0.29, 0.717) is 12.4 Å². The van der Waals surface area contributed by atoms with E-state index in [0.717, 1.165) is 11.3 Å². The number of carbonyl (C=O) groups is 1. The fraction of sp³-hybridized carbons (Fsp3) is 0.444. The van der Waals surface area contributed by atoms with Crippen molar-refractivity contribution in [3.05, 3.63) is 23.2 Å². The van der Waals surface area contributed by atoms with E-state index >= 15 is 0 Å². The second-order valence-electron chi connectivity index (χ2n) is 2.59. The molecule has 3 nitrogen and oxygen atoms in total. The van der Waals surface area contributed by atoms with Crippen LogP contribution in [0, 0.1) is 13.8 Å². The van der Waals surface area contributed by atoms with Crippen LogP contribution in [0.25, 0.3) is 0 Å². The van der Waals surface area contributed by atoms with Gasteiger partial charge in [0.15, 0.2) is 0 Å². The molecule has 1 heterocycles. The molecule has 0 aliphatic carbocycles. The molecule has 1 aromatic rings. The number of hydrogen-bond acceptors (Lipinski definition) is 3. The Labute approximate surface area is 71.3 Å². The molecule has 0 saturated heterocycles. The van der Waals surface area contributed by atoms with Crippen LogP contribution in [0.2, 0.25) is 0 Å². The fourth-order valence-corrected chi connectivity index (χ4v) is 1.04. The summed E-state index contributed by atoms with van der Waals surface area (Å²) < 4.78 is 9.94. The summed E-state index contributed by atoms with van der Waals surface area (Å²) in [7, 11) is 0. The summed E-state index contributed by atoms with van der Waals surface area (Å²) in [5, 5.41) is 0. The molecule has 0 fully saturated rings. The monoisotopic (exact) mass is 168 g/mol. The number of hydrogen-bond donors (Lipinski definition) is 0. The average molecular weight is 168 g/mol. The summed E-state index contributed by atoms with van der Waals surface area (Å²) in [6.45, 7) is 5.76. The van der Waals surface area contributed by atoms with Gasteiger partial charge < -0.3 is 9.15 Å². The van der Waals surface area contributed by atoms with Crippen LogP contribution in [0.5, 0.6) is 0 Å². The van der Waals surface area contributed by atoms with E-state index in [2.05, 4.69) is 0 Å². The normalized spacial score (nSPS) is 9.92. The third-order valence-electron chi connectivity index (χ3n) is 1.50. The molecular formula is C9H12O3. The molecule has 0 spiro atoms. The van der Waals surface area contributed by atoms with Gasteiger partial charge in [0.2, 0.25) is 5.76 Å². The minimum atomic E-state index is -0.386. The first-order valence-electron chi connectivity index (χ1n) is 3.89. The van der Waals surface area contributed by atoms with E-state index in [1.54, 1.807) is 13.8 Å². The third kappa shape index (κ3) is 1.67. The number of aryl methyl sites for hydroxylation is 2. The number of ether oxygens (including phenoxy) is 1. The van der Waals surface area contributed by atoms with Crippen LogP contribution in [-0.4, -0.2) is 12.6 Å². The second-order valence-corrected chi connectivity index (χ2v) is 2.59. The lowest BCUT2D eigenvalue weighted by molar-refractivity contribution is 0.0487. The number of carbonyl (C=O) groups excluding carboxylic acids is 1. The van der Waals surface area contributed by atoms with Gasteiger partial charge >= 0.3 is 5.97 Å². The van der Waals surface area contributed by atoms with Crippen molar-refractivity contribution in [2.45, 2.75) is 20.8 Å². The van der Waals surface area contributed by atoms with E-state index < -0.39 is 0 Å². The van der Waals surface area contributed by atoms with Gasteiger partial charge in [-0.15, -0.1) is 0 Å². The summed E-state index contributed by atoms with van der Waals surface area (Å²) in [4.78, 5) is 11.2. The Kier molecular flexibility index (Phi) is 2.53. The quantitative estimate of drug-likeness (QED) is 0.634. The minimum absolute atomic E-state index is 0.314. The molecule has 0 aromatic carbocycles. The zero-order valence-electron chi connectivity index (χ0n) is 7.51. The van der Waals surface area contributed by atoms with Crippen LogP contribution in [0.15, 0.2) is 10.5 Å². The van der Waals surface area contributed by atoms with Crippen LogP contribution in [-0.2, 0) is 4.74 Å². The van der Waals surface area contributed by atoms with Crippen LogP contribution in [0.1, 0.15) is 28.8 Å². The molecular weight excluding hydrogens is 156 g/mol. The molecule has 0 radical (unpaired) electrons. The molecule has 0 amide bonds. The average Bonchev–Trinajstić information content (AvgIpc) is 2.30. The molecule has 66 valence electrons. The Hall–Kier alpha value is -1.25. The van der Waals surface area contributed by atoms with Gasteiger partial charge in [-0.1, -0.05) is 0 Å². The summed E-state index contributed by atoms with van der Waals surface area (Å²) in [5.41, 5.74) is 0.825. The highest BCUT2D eigenvalue weighted by Crippen LogP contribution is 2.14. The molecule has 0 saturated carbocycles. The van der Waals surface area contributed by atoms with Crippen molar-refractivity contribution in [1.29, 1.82) is 0 Å².